The summed E-state index contributed by atoms with van der Waals surface area (Å²) < 4.78 is 6.72. The summed E-state index contributed by atoms with van der Waals surface area (Å²) >= 11 is 3.36. The molecule has 1 heterocycles. The summed E-state index contributed by atoms with van der Waals surface area (Å²) in [7, 11) is 0. The molecule has 1 fully saturated rings. The van der Waals surface area contributed by atoms with Crippen LogP contribution in [0.15, 0.2) is 22.8 Å². The number of halogens is 1. The standard InChI is InChI=1S/C13H19BrN2O/c14-12-5-6-13(16-8-12)17-9-11-4-2-1-3-10(11)7-15/h5-6,8,10-11H,1-4,7,9,15H2. The van der Waals surface area contributed by atoms with E-state index in [1.807, 2.05) is 12.1 Å². The Morgan fingerprint density at radius 2 is 2.06 bits per heavy atom. The van der Waals surface area contributed by atoms with Gasteiger partial charge in [0.15, 0.2) is 0 Å². The van der Waals surface area contributed by atoms with Gasteiger partial charge in [-0.1, -0.05) is 12.8 Å². The zero-order valence-corrected chi connectivity index (χ0v) is 11.5. The van der Waals surface area contributed by atoms with E-state index in [-0.39, 0.29) is 0 Å². The molecule has 1 aromatic rings. The fourth-order valence-corrected chi connectivity index (χ4v) is 2.69. The van der Waals surface area contributed by atoms with Gasteiger partial charge in [-0.25, -0.2) is 4.98 Å². The van der Waals surface area contributed by atoms with Crippen LogP contribution in [-0.4, -0.2) is 18.1 Å². The molecule has 3 nitrogen and oxygen atoms in total. The van der Waals surface area contributed by atoms with E-state index in [4.69, 9.17) is 10.5 Å². The average molecular weight is 299 g/mol. The summed E-state index contributed by atoms with van der Waals surface area (Å²) in [6.07, 6.45) is 6.86. The van der Waals surface area contributed by atoms with Crippen LogP contribution in [0.25, 0.3) is 0 Å². The highest BCUT2D eigenvalue weighted by Gasteiger charge is 2.24. The predicted molar refractivity (Wildman–Crippen MR) is 71.9 cm³/mol. The number of nitrogens with two attached hydrogens (primary N) is 1. The molecule has 17 heavy (non-hydrogen) atoms. The Morgan fingerprint density at radius 3 is 2.71 bits per heavy atom. The van der Waals surface area contributed by atoms with E-state index in [1.54, 1.807) is 6.20 Å². The summed E-state index contributed by atoms with van der Waals surface area (Å²) in [5, 5.41) is 0. The van der Waals surface area contributed by atoms with Crippen LogP contribution in [0, 0.1) is 11.8 Å². The third-order valence-electron chi connectivity index (χ3n) is 3.51. The second kappa shape index (κ2) is 6.36. The second-order valence-corrected chi connectivity index (χ2v) is 5.58. The average Bonchev–Trinajstić information content (AvgIpc) is 2.38. The van der Waals surface area contributed by atoms with Gasteiger partial charge in [0.1, 0.15) is 0 Å². The maximum atomic E-state index is 5.81. The smallest absolute Gasteiger partial charge is 0.213 e. The summed E-state index contributed by atoms with van der Waals surface area (Å²) in [5.41, 5.74) is 5.81. The van der Waals surface area contributed by atoms with Crippen molar-refractivity contribution in [3.63, 3.8) is 0 Å². The minimum Gasteiger partial charge on any atom is -0.477 e. The lowest BCUT2D eigenvalue weighted by Crippen LogP contribution is -2.30. The number of aromatic nitrogens is 1. The quantitative estimate of drug-likeness (QED) is 0.929. The second-order valence-electron chi connectivity index (χ2n) is 4.67. The fourth-order valence-electron chi connectivity index (χ4n) is 2.45. The molecule has 0 aromatic carbocycles. The Labute approximate surface area is 111 Å². The molecule has 2 N–H and O–H groups in total. The van der Waals surface area contributed by atoms with Gasteiger partial charge in [0, 0.05) is 16.7 Å². The van der Waals surface area contributed by atoms with Crippen molar-refractivity contribution in [2.24, 2.45) is 17.6 Å². The number of hydrogen-bond acceptors (Lipinski definition) is 3. The SMILES string of the molecule is NCC1CCCCC1COc1ccc(Br)cn1. The van der Waals surface area contributed by atoms with Crippen molar-refractivity contribution in [3.8, 4) is 5.88 Å². The van der Waals surface area contributed by atoms with Gasteiger partial charge in [-0.2, -0.15) is 0 Å². The van der Waals surface area contributed by atoms with Gasteiger partial charge in [-0.3, -0.25) is 0 Å². The van der Waals surface area contributed by atoms with Gasteiger partial charge in [0.2, 0.25) is 5.88 Å². The van der Waals surface area contributed by atoms with Crippen molar-refractivity contribution in [1.82, 2.24) is 4.98 Å². The summed E-state index contributed by atoms with van der Waals surface area (Å²) in [6.45, 7) is 1.53. The first-order valence-electron chi connectivity index (χ1n) is 6.24. The van der Waals surface area contributed by atoms with Crippen LogP contribution < -0.4 is 10.5 Å². The number of ether oxygens (including phenoxy) is 1. The van der Waals surface area contributed by atoms with Crippen LogP contribution in [0.3, 0.4) is 0 Å². The van der Waals surface area contributed by atoms with Crippen molar-refractivity contribution in [2.75, 3.05) is 13.2 Å². The first-order chi connectivity index (χ1) is 8.29. The number of nitrogens with zero attached hydrogens (tertiary/aromatic N) is 1. The molecule has 0 saturated heterocycles. The Kier molecular flexibility index (Phi) is 4.80. The molecule has 94 valence electrons. The van der Waals surface area contributed by atoms with Gasteiger partial charge in [-0.05, 0) is 53.2 Å². The highest BCUT2D eigenvalue weighted by Crippen LogP contribution is 2.29. The first-order valence-corrected chi connectivity index (χ1v) is 7.03. The first kappa shape index (κ1) is 12.8. The normalized spacial score (nSPS) is 24.6. The van der Waals surface area contributed by atoms with E-state index < -0.39 is 0 Å². The Balaban J connectivity index is 1.86. The molecule has 4 heteroatoms. The topological polar surface area (TPSA) is 48.1 Å². The Morgan fingerprint density at radius 1 is 1.29 bits per heavy atom. The fraction of sp³-hybridized carbons (Fsp3) is 0.615. The third-order valence-corrected chi connectivity index (χ3v) is 3.98. The minimum atomic E-state index is 0.596. The van der Waals surface area contributed by atoms with E-state index in [2.05, 4.69) is 20.9 Å². The molecule has 2 rings (SSSR count). The molecular weight excluding hydrogens is 280 g/mol. The Hall–Kier alpha value is -0.610. The van der Waals surface area contributed by atoms with E-state index in [0.29, 0.717) is 17.7 Å². The predicted octanol–water partition coefficient (Wildman–Crippen LogP) is 2.99. The maximum Gasteiger partial charge on any atom is 0.213 e. The maximum absolute atomic E-state index is 5.81. The van der Waals surface area contributed by atoms with Crippen molar-refractivity contribution < 1.29 is 4.74 Å². The number of pyridine rings is 1. The van der Waals surface area contributed by atoms with Crippen molar-refractivity contribution in [3.05, 3.63) is 22.8 Å². The van der Waals surface area contributed by atoms with Gasteiger partial charge >= 0.3 is 0 Å². The molecule has 0 aliphatic heterocycles. The van der Waals surface area contributed by atoms with Crippen LogP contribution >= 0.6 is 15.9 Å². The molecule has 1 aliphatic rings. The zero-order chi connectivity index (χ0) is 12.1. The lowest BCUT2D eigenvalue weighted by molar-refractivity contribution is 0.149. The highest BCUT2D eigenvalue weighted by atomic mass is 79.9. The van der Waals surface area contributed by atoms with Gasteiger partial charge in [0.25, 0.3) is 0 Å². The molecule has 0 radical (unpaired) electrons. The Bertz CT molecular complexity index is 342. The lowest BCUT2D eigenvalue weighted by Gasteiger charge is -2.30. The van der Waals surface area contributed by atoms with Crippen LogP contribution in [0.4, 0.5) is 0 Å². The van der Waals surface area contributed by atoms with Gasteiger partial charge in [-0.15, -0.1) is 0 Å². The lowest BCUT2D eigenvalue weighted by atomic mass is 9.80. The minimum absolute atomic E-state index is 0.596. The van der Waals surface area contributed by atoms with Crippen LogP contribution in [0.2, 0.25) is 0 Å². The van der Waals surface area contributed by atoms with E-state index in [0.717, 1.165) is 17.6 Å². The third kappa shape index (κ3) is 3.68. The summed E-state index contributed by atoms with van der Waals surface area (Å²) in [5.74, 6) is 1.92. The van der Waals surface area contributed by atoms with Crippen molar-refractivity contribution >= 4 is 15.9 Å². The van der Waals surface area contributed by atoms with E-state index >= 15 is 0 Å². The van der Waals surface area contributed by atoms with Crippen molar-refractivity contribution in [1.29, 1.82) is 0 Å². The zero-order valence-electron chi connectivity index (χ0n) is 9.94. The molecule has 1 saturated carbocycles. The molecular formula is C13H19BrN2O. The molecule has 2 unspecified atom stereocenters. The molecule has 0 amide bonds. The van der Waals surface area contributed by atoms with Crippen LogP contribution in [0.5, 0.6) is 5.88 Å². The number of rotatable bonds is 4. The molecule has 1 aromatic heterocycles. The van der Waals surface area contributed by atoms with E-state index in [9.17, 15) is 0 Å². The summed E-state index contributed by atoms with van der Waals surface area (Å²) in [4.78, 5) is 4.21. The molecule has 0 spiro atoms. The molecule has 1 aliphatic carbocycles. The highest BCUT2D eigenvalue weighted by molar-refractivity contribution is 9.10. The van der Waals surface area contributed by atoms with Gasteiger partial charge < -0.3 is 10.5 Å². The summed E-state index contributed by atoms with van der Waals surface area (Å²) in [6, 6.07) is 3.84. The number of hydrogen-bond donors (Lipinski definition) is 1. The largest absolute Gasteiger partial charge is 0.477 e. The monoisotopic (exact) mass is 298 g/mol. The molecule has 2 atom stereocenters. The molecule has 0 bridgehead atoms. The van der Waals surface area contributed by atoms with Crippen molar-refractivity contribution in [2.45, 2.75) is 25.7 Å². The van der Waals surface area contributed by atoms with Crippen LogP contribution in [0.1, 0.15) is 25.7 Å². The van der Waals surface area contributed by atoms with E-state index in [1.165, 1.54) is 25.7 Å². The van der Waals surface area contributed by atoms with Gasteiger partial charge in [0.05, 0.1) is 6.61 Å². The van der Waals surface area contributed by atoms with Crippen LogP contribution in [-0.2, 0) is 0 Å².